The van der Waals surface area contributed by atoms with Crippen LogP contribution < -0.4 is 5.32 Å². The summed E-state index contributed by atoms with van der Waals surface area (Å²) in [5.41, 5.74) is 0.993. The van der Waals surface area contributed by atoms with Crippen LogP contribution in [0.5, 0.6) is 0 Å². The molecule has 1 atom stereocenters. The number of aromatic nitrogens is 1. The van der Waals surface area contributed by atoms with E-state index in [1.54, 1.807) is 11.0 Å². The smallest absolute Gasteiger partial charge is 0.245 e. The molecule has 1 aliphatic carbocycles. The van der Waals surface area contributed by atoms with Crippen molar-refractivity contribution in [2.75, 3.05) is 18.4 Å². The van der Waals surface area contributed by atoms with Crippen molar-refractivity contribution in [1.29, 1.82) is 0 Å². The molecule has 3 rings (SSSR count). The first-order valence-electron chi connectivity index (χ1n) is 8.71. The Labute approximate surface area is 147 Å². The molecule has 0 radical (unpaired) electrons. The van der Waals surface area contributed by atoms with E-state index in [4.69, 9.17) is 4.52 Å². The van der Waals surface area contributed by atoms with Gasteiger partial charge in [-0.3, -0.25) is 9.59 Å². The highest BCUT2D eigenvalue weighted by molar-refractivity contribution is 5.94. The molecule has 0 spiro atoms. The minimum Gasteiger partial charge on any atom is -0.363 e. The van der Waals surface area contributed by atoms with Gasteiger partial charge in [0.05, 0.1) is 12.5 Å². The molecule has 1 N–H and O–H groups in total. The summed E-state index contributed by atoms with van der Waals surface area (Å²) in [5, 5.41) is 6.33. The number of hydrogen-bond donors (Lipinski definition) is 1. The summed E-state index contributed by atoms with van der Waals surface area (Å²) in [6, 6.07) is 11.3. The van der Waals surface area contributed by atoms with Crippen molar-refractivity contribution >= 4 is 17.6 Å². The zero-order valence-electron chi connectivity index (χ0n) is 14.4. The highest BCUT2D eigenvalue weighted by Gasteiger charge is 2.31. The summed E-state index contributed by atoms with van der Waals surface area (Å²) in [6.45, 7) is 2.67. The number of carbonyl (C=O) groups excluding carboxylic acids is 2. The molecule has 1 aromatic carbocycles. The van der Waals surface area contributed by atoms with Crippen LogP contribution in [0, 0.1) is 5.92 Å². The zero-order chi connectivity index (χ0) is 17.6. The van der Waals surface area contributed by atoms with Crippen LogP contribution in [0.1, 0.15) is 37.7 Å². The standard InChI is InChI=1S/C19H23N3O3/c1-2-16(15-6-4-3-5-7-15)19(24)22(12-14-8-9-14)13-18(23)20-17-10-11-25-21-17/h3-7,10-11,14,16H,2,8-9,12-13H2,1H3,(H,20,21,23). The van der Waals surface area contributed by atoms with Crippen molar-refractivity contribution in [3.8, 4) is 0 Å². The predicted molar refractivity (Wildman–Crippen MR) is 93.9 cm³/mol. The summed E-state index contributed by atoms with van der Waals surface area (Å²) >= 11 is 0. The van der Waals surface area contributed by atoms with E-state index in [1.165, 1.54) is 6.26 Å². The Hall–Kier alpha value is -2.63. The minimum atomic E-state index is -0.259. The molecule has 0 aliphatic heterocycles. The maximum absolute atomic E-state index is 13.1. The first-order valence-corrected chi connectivity index (χ1v) is 8.71. The van der Waals surface area contributed by atoms with Gasteiger partial charge in [0.25, 0.3) is 0 Å². The van der Waals surface area contributed by atoms with Gasteiger partial charge in [-0.15, -0.1) is 0 Å². The van der Waals surface area contributed by atoms with Crippen molar-refractivity contribution in [1.82, 2.24) is 10.1 Å². The molecular weight excluding hydrogens is 318 g/mol. The van der Waals surface area contributed by atoms with E-state index in [1.807, 2.05) is 37.3 Å². The van der Waals surface area contributed by atoms with Gasteiger partial charge in [-0.1, -0.05) is 42.4 Å². The lowest BCUT2D eigenvalue weighted by atomic mass is 9.95. The average molecular weight is 341 g/mol. The van der Waals surface area contributed by atoms with Gasteiger partial charge in [0.15, 0.2) is 5.82 Å². The van der Waals surface area contributed by atoms with Crippen LogP contribution in [0.3, 0.4) is 0 Å². The van der Waals surface area contributed by atoms with Crippen LogP contribution >= 0.6 is 0 Å². The van der Waals surface area contributed by atoms with Crippen LogP contribution in [0.2, 0.25) is 0 Å². The third-order valence-corrected chi connectivity index (χ3v) is 4.44. The van der Waals surface area contributed by atoms with Gasteiger partial charge < -0.3 is 14.7 Å². The molecule has 6 heteroatoms. The Kier molecular flexibility index (Phi) is 5.48. The van der Waals surface area contributed by atoms with Crippen LogP contribution in [0.25, 0.3) is 0 Å². The topological polar surface area (TPSA) is 75.4 Å². The fourth-order valence-corrected chi connectivity index (χ4v) is 2.94. The van der Waals surface area contributed by atoms with Crippen molar-refractivity contribution in [3.63, 3.8) is 0 Å². The predicted octanol–water partition coefficient (Wildman–Crippen LogP) is 3.05. The maximum Gasteiger partial charge on any atom is 0.245 e. The molecule has 1 heterocycles. The monoisotopic (exact) mass is 341 g/mol. The highest BCUT2D eigenvalue weighted by Crippen LogP contribution is 2.31. The number of amides is 2. The Bertz CT molecular complexity index is 696. The van der Waals surface area contributed by atoms with Gasteiger partial charge in [-0.25, -0.2) is 0 Å². The summed E-state index contributed by atoms with van der Waals surface area (Å²) < 4.78 is 4.71. The molecule has 1 aromatic heterocycles. The van der Waals surface area contributed by atoms with Gasteiger partial charge in [0, 0.05) is 12.6 Å². The summed E-state index contributed by atoms with van der Waals surface area (Å²) in [7, 11) is 0. The second kappa shape index (κ2) is 7.96. The Morgan fingerprint density at radius 1 is 1.28 bits per heavy atom. The molecule has 6 nitrogen and oxygen atoms in total. The largest absolute Gasteiger partial charge is 0.363 e. The number of anilines is 1. The molecule has 0 bridgehead atoms. The van der Waals surface area contributed by atoms with Crippen LogP contribution in [0.15, 0.2) is 47.2 Å². The van der Waals surface area contributed by atoms with E-state index in [2.05, 4.69) is 10.5 Å². The zero-order valence-corrected chi connectivity index (χ0v) is 14.4. The number of nitrogens with one attached hydrogen (secondary N) is 1. The second-order valence-electron chi connectivity index (χ2n) is 6.47. The summed E-state index contributed by atoms with van der Waals surface area (Å²) in [6.07, 6.45) is 4.34. The number of nitrogens with zero attached hydrogens (tertiary/aromatic N) is 2. The Balaban J connectivity index is 1.70. The van der Waals surface area contributed by atoms with Crippen LogP contribution in [0.4, 0.5) is 5.82 Å². The normalized spacial score (nSPS) is 14.8. The van der Waals surface area contributed by atoms with E-state index >= 15 is 0 Å². The molecule has 25 heavy (non-hydrogen) atoms. The van der Waals surface area contributed by atoms with Crippen LogP contribution in [-0.4, -0.2) is 35.0 Å². The van der Waals surface area contributed by atoms with Gasteiger partial charge in [0.2, 0.25) is 11.8 Å². The molecule has 2 aromatic rings. The minimum absolute atomic E-state index is 0.0101. The van der Waals surface area contributed by atoms with E-state index in [-0.39, 0.29) is 24.3 Å². The van der Waals surface area contributed by atoms with E-state index in [0.29, 0.717) is 24.7 Å². The van der Waals surface area contributed by atoms with E-state index < -0.39 is 0 Å². The fraction of sp³-hybridized carbons (Fsp3) is 0.421. The average Bonchev–Trinajstić information content (AvgIpc) is 3.29. The van der Waals surface area contributed by atoms with Crippen molar-refractivity contribution in [3.05, 3.63) is 48.2 Å². The molecule has 132 valence electrons. The lowest BCUT2D eigenvalue weighted by Crippen LogP contribution is -2.41. The van der Waals surface area contributed by atoms with E-state index in [0.717, 1.165) is 18.4 Å². The molecular formula is C19H23N3O3. The lowest BCUT2D eigenvalue weighted by Gasteiger charge is -2.26. The number of hydrogen-bond acceptors (Lipinski definition) is 4. The first-order chi connectivity index (χ1) is 12.2. The lowest BCUT2D eigenvalue weighted by molar-refractivity contribution is -0.136. The number of rotatable bonds is 8. The van der Waals surface area contributed by atoms with Gasteiger partial charge in [-0.05, 0) is 30.7 Å². The first kappa shape index (κ1) is 17.2. The summed E-state index contributed by atoms with van der Waals surface area (Å²) in [4.78, 5) is 27.1. The Morgan fingerprint density at radius 2 is 2.04 bits per heavy atom. The van der Waals surface area contributed by atoms with Crippen LogP contribution in [-0.2, 0) is 9.59 Å². The van der Waals surface area contributed by atoms with Crippen molar-refractivity contribution in [2.45, 2.75) is 32.1 Å². The highest BCUT2D eigenvalue weighted by atomic mass is 16.5. The van der Waals surface area contributed by atoms with Gasteiger partial charge in [-0.2, -0.15) is 0 Å². The molecule has 2 amide bonds. The van der Waals surface area contributed by atoms with E-state index in [9.17, 15) is 9.59 Å². The number of benzene rings is 1. The molecule has 1 unspecified atom stereocenters. The van der Waals surface area contributed by atoms with Crippen molar-refractivity contribution in [2.24, 2.45) is 5.92 Å². The quantitative estimate of drug-likeness (QED) is 0.801. The molecule has 1 saturated carbocycles. The second-order valence-corrected chi connectivity index (χ2v) is 6.47. The molecule has 1 fully saturated rings. The Morgan fingerprint density at radius 3 is 2.64 bits per heavy atom. The van der Waals surface area contributed by atoms with Crippen molar-refractivity contribution < 1.29 is 14.1 Å². The summed E-state index contributed by atoms with van der Waals surface area (Å²) in [5.74, 6) is 0.400. The SMILES string of the molecule is CCC(C(=O)N(CC(=O)Nc1ccon1)CC1CC1)c1ccccc1. The third-order valence-electron chi connectivity index (χ3n) is 4.44. The van der Waals surface area contributed by atoms with Gasteiger partial charge >= 0.3 is 0 Å². The maximum atomic E-state index is 13.1. The molecule has 0 saturated heterocycles. The number of carbonyl (C=O) groups is 2. The molecule has 1 aliphatic rings. The fourth-order valence-electron chi connectivity index (χ4n) is 2.94. The third kappa shape index (κ3) is 4.68. The van der Waals surface area contributed by atoms with Gasteiger partial charge in [0.1, 0.15) is 6.26 Å².